The van der Waals surface area contributed by atoms with Crippen molar-refractivity contribution in [2.45, 2.75) is 20.5 Å². The summed E-state index contributed by atoms with van der Waals surface area (Å²) in [4.78, 5) is 23.4. The highest BCUT2D eigenvalue weighted by molar-refractivity contribution is 7.12. The van der Waals surface area contributed by atoms with E-state index in [9.17, 15) is 14.9 Å². The fraction of sp³-hybridized carbons (Fsp3) is 0.150. The molecule has 1 aromatic heterocycles. The van der Waals surface area contributed by atoms with Gasteiger partial charge in [-0.15, -0.1) is 11.3 Å². The second-order valence-corrected chi connectivity index (χ2v) is 7.65. The number of aryl methyl sites for hydroxylation is 2. The third-order valence-electron chi connectivity index (χ3n) is 3.88. The van der Waals surface area contributed by atoms with Gasteiger partial charge in [0.25, 0.3) is 11.6 Å². The Morgan fingerprint density at radius 2 is 1.89 bits per heavy atom. The number of anilines is 1. The first-order valence-electron chi connectivity index (χ1n) is 8.35. The van der Waals surface area contributed by atoms with Crippen LogP contribution in [-0.2, 0) is 6.61 Å². The van der Waals surface area contributed by atoms with Gasteiger partial charge in [0.1, 0.15) is 18.0 Å². The normalized spacial score (nSPS) is 10.5. The van der Waals surface area contributed by atoms with E-state index >= 15 is 0 Å². The van der Waals surface area contributed by atoms with E-state index in [0.717, 1.165) is 22.4 Å². The van der Waals surface area contributed by atoms with E-state index in [0.29, 0.717) is 11.5 Å². The highest BCUT2D eigenvalue weighted by atomic mass is 35.5. The first-order valence-corrected chi connectivity index (χ1v) is 9.61. The molecule has 0 atom stereocenters. The molecule has 0 aliphatic rings. The van der Waals surface area contributed by atoms with Gasteiger partial charge in [0, 0.05) is 16.7 Å². The molecule has 8 heteroatoms. The van der Waals surface area contributed by atoms with Crippen molar-refractivity contribution in [2.24, 2.45) is 0 Å². The summed E-state index contributed by atoms with van der Waals surface area (Å²) in [5, 5.41) is 15.8. The summed E-state index contributed by atoms with van der Waals surface area (Å²) in [7, 11) is 0. The molecule has 0 unspecified atom stereocenters. The fourth-order valence-corrected chi connectivity index (χ4v) is 3.66. The first kappa shape index (κ1) is 19.9. The largest absolute Gasteiger partial charge is 0.489 e. The van der Waals surface area contributed by atoms with Crippen LogP contribution in [0.15, 0.2) is 47.8 Å². The lowest BCUT2D eigenvalue weighted by molar-refractivity contribution is -0.383. The lowest BCUT2D eigenvalue weighted by atomic mass is 10.1. The summed E-state index contributed by atoms with van der Waals surface area (Å²) >= 11 is 7.04. The minimum absolute atomic E-state index is 0.0980. The van der Waals surface area contributed by atoms with Gasteiger partial charge in [0.2, 0.25) is 0 Å². The Kier molecular flexibility index (Phi) is 5.96. The van der Waals surface area contributed by atoms with Crippen LogP contribution in [0.25, 0.3) is 0 Å². The molecule has 2 aromatic carbocycles. The Balaban J connectivity index is 1.68. The van der Waals surface area contributed by atoms with Crippen molar-refractivity contribution in [3.8, 4) is 5.75 Å². The number of ether oxygens (including phenoxy) is 1. The van der Waals surface area contributed by atoms with Gasteiger partial charge in [-0.05, 0) is 60.7 Å². The minimum Gasteiger partial charge on any atom is -0.489 e. The molecular formula is C20H17ClN2O4S. The van der Waals surface area contributed by atoms with Crippen molar-refractivity contribution in [1.29, 1.82) is 0 Å². The van der Waals surface area contributed by atoms with Crippen LogP contribution in [0.4, 0.5) is 11.4 Å². The average molecular weight is 417 g/mol. The number of halogens is 1. The van der Waals surface area contributed by atoms with Gasteiger partial charge in [-0.1, -0.05) is 17.7 Å². The topological polar surface area (TPSA) is 81.5 Å². The number of amides is 1. The zero-order chi connectivity index (χ0) is 20.3. The van der Waals surface area contributed by atoms with Crippen LogP contribution in [0.3, 0.4) is 0 Å². The number of hydrogen-bond donors (Lipinski definition) is 1. The summed E-state index contributed by atoms with van der Waals surface area (Å²) in [5.74, 6) is 0.347. The Bertz CT molecular complexity index is 1030. The Hall–Kier alpha value is -2.90. The zero-order valence-corrected chi connectivity index (χ0v) is 16.8. The van der Waals surface area contributed by atoms with Crippen molar-refractivity contribution in [3.05, 3.63) is 84.5 Å². The molecule has 0 fully saturated rings. The maximum atomic E-state index is 12.5. The molecule has 3 aromatic rings. The van der Waals surface area contributed by atoms with Crippen molar-refractivity contribution in [2.75, 3.05) is 5.32 Å². The second-order valence-electron chi connectivity index (χ2n) is 6.30. The summed E-state index contributed by atoms with van der Waals surface area (Å²) in [6.07, 6.45) is 0. The number of nitrogens with one attached hydrogen (secondary N) is 1. The number of carbonyl (C=O) groups excluding carboxylic acids is 1. The van der Waals surface area contributed by atoms with Crippen LogP contribution in [0.2, 0.25) is 5.02 Å². The molecular weight excluding hydrogens is 400 g/mol. The van der Waals surface area contributed by atoms with E-state index in [1.165, 1.54) is 29.5 Å². The third-order valence-corrected chi connectivity index (χ3v) is 5.10. The van der Waals surface area contributed by atoms with Crippen LogP contribution < -0.4 is 10.1 Å². The van der Waals surface area contributed by atoms with Gasteiger partial charge in [-0.3, -0.25) is 14.9 Å². The predicted octanol–water partition coefficient (Wildman–Crippen LogP) is 5.76. The zero-order valence-electron chi connectivity index (χ0n) is 15.2. The average Bonchev–Trinajstić information content (AvgIpc) is 3.09. The standard InChI is InChI=1S/C20H17ClN2O4S/c1-12-5-13(2)7-16(6-12)27-10-14-8-19(28-11-14)20(24)22-17-4-3-15(21)9-18(17)23(25)26/h3-9,11H,10H2,1-2H3,(H,22,24). The summed E-state index contributed by atoms with van der Waals surface area (Å²) < 4.78 is 5.80. The van der Waals surface area contributed by atoms with Gasteiger partial charge in [-0.2, -0.15) is 0 Å². The van der Waals surface area contributed by atoms with Crippen LogP contribution in [0, 0.1) is 24.0 Å². The quantitative estimate of drug-likeness (QED) is 0.409. The monoisotopic (exact) mass is 416 g/mol. The molecule has 0 saturated carbocycles. The smallest absolute Gasteiger partial charge is 0.294 e. The number of nitro groups is 1. The molecule has 1 N–H and O–H groups in total. The molecule has 0 spiro atoms. The number of nitro benzene ring substituents is 1. The number of hydrogen-bond acceptors (Lipinski definition) is 5. The molecule has 1 amide bonds. The molecule has 28 heavy (non-hydrogen) atoms. The van der Waals surface area contributed by atoms with Crippen LogP contribution in [-0.4, -0.2) is 10.8 Å². The van der Waals surface area contributed by atoms with E-state index in [1.807, 2.05) is 31.4 Å². The minimum atomic E-state index is -0.584. The molecule has 0 aliphatic heterocycles. The SMILES string of the molecule is Cc1cc(C)cc(OCc2csc(C(=O)Nc3ccc(Cl)cc3[N+](=O)[O-])c2)c1. The van der Waals surface area contributed by atoms with E-state index < -0.39 is 10.8 Å². The Labute approximate surface area is 170 Å². The number of nitrogens with zero attached hydrogens (tertiary/aromatic N) is 1. The van der Waals surface area contributed by atoms with E-state index in [2.05, 4.69) is 11.4 Å². The molecule has 6 nitrogen and oxygen atoms in total. The maximum absolute atomic E-state index is 12.5. The molecule has 3 rings (SSSR count). The molecule has 144 valence electrons. The van der Waals surface area contributed by atoms with Gasteiger partial charge in [0.05, 0.1) is 9.80 Å². The number of carbonyl (C=O) groups is 1. The third kappa shape index (κ3) is 4.88. The molecule has 0 saturated heterocycles. The lowest BCUT2D eigenvalue weighted by Crippen LogP contribution is -2.11. The van der Waals surface area contributed by atoms with E-state index in [-0.39, 0.29) is 16.4 Å². The first-order chi connectivity index (χ1) is 13.3. The second kappa shape index (κ2) is 8.41. The summed E-state index contributed by atoms with van der Waals surface area (Å²) in [5.41, 5.74) is 2.92. The Morgan fingerprint density at radius 1 is 1.18 bits per heavy atom. The van der Waals surface area contributed by atoms with E-state index in [1.54, 1.807) is 6.07 Å². The Morgan fingerprint density at radius 3 is 2.57 bits per heavy atom. The van der Waals surface area contributed by atoms with Crippen LogP contribution in [0.5, 0.6) is 5.75 Å². The number of rotatable bonds is 6. The van der Waals surface area contributed by atoms with Gasteiger partial charge >= 0.3 is 0 Å². The van der Waals surface area contributed by atoms with Crippen molar-refractivity contribution >= 4 is 40.2 Å². The van der Waals surface area contributed by atoms with Crippen LogP contribution in [0.1, 0.15) is 26.4 Å². The summed E-state index contributed by atoms with van der Waals surface area (Å²) in [6.45, 7) is 4.33. The molecule has 1 heterocycles. The number of benzene rings is 2. The van der Waals surface area contributed by atoms with Crippen molar-refractivity contribution < 1.29 is 14.5 Å². The van der Waals surface area contributed by atoms with Crippen LogP contribution >= 0.6 is 22.9 Å². The highest BCUT2D eigenvalue weighted by Crippen LogP contribution is 2.29. The fourth-order valence-electron chi connectivity index (χ4n) is 2.70. The number of thiophene rings is 1. The predicted molar refractivity (Wildman–Crippen MR) is 111 cm³/mol. The molecule has 0 bridgehead atoms. The highest BCUT2D eigenvalue weighted by Gasteiger charge is 2.18. The van der Waals surface area contributed by atoms with E-state index in [4.69, 9.17) is 16.3 Å². The van der Waals surface area contributed by atoms with Gasteiger partial charge in [-0.25, -0.2) is 0 Å². The lowest BCUT2D eigenvalue weighted by Gasteiger charge is -2.07. The van der Waals surface area contributed by atoms with Gasteiger partial charge < -0.3 is 10.1 Å². The molecule has 0 aliphatic carbocycles. The summed E-state index contributed by atoms with van der Waals surface area (Å²) in [6, 6.07) is 11.8. The van der Waals surface area contributed by atoms with Crippen molar-refractivity contribution in [1.82, 2.24) is 0 Å². The van der Waals surface area contributed by atoms with Gasteiger partial charge in [0.15, 0.2) is 0 Å². The van der Waals surface area contributed by atoms with Crippen molar-refractivity contribution in [3.63, 3.8) is 0 Å². The molecule has 0 radical (unpaired) electrons. The maximum Gasteiger partial charge on any atom is 0.294 e.